The molecular weight excluding hydrogens is 294 g/mol. The number of carbonyl (C=O) groups excluding carboxylic acids is 1. The van der Waals surface area contributed by atoms with Crippen molar-refractivity contribution in [1.82, 2.24) is 4.90 Å². The second kappa shape index (κ2) is 5.73. The fraction of sp³-hybridized carbons (Fsp3) is 0.533. The summed E-state index contributed by atoms with van der Waals surface area (Å²) in [5, 5.41) is 0.612. The normalized spacial score (nSPS) is 24.8. The predicted molar refractivity (Wildman–Crippen MR) is 77.8 cm³/mol. The number of hydrogen-bond donors (Lipinski definition) is 0. The molecule has 2 saturated heterocycles. The maximum Gasteiger partial charge on any atom is 0.310 e. The van der Waals surface area contributed by atoms with Crippen LogP contribution in [0, 0.1) is 11.8 Å². The second-order valence-electron chi connectivity index (χ2n) is 5.49. The number of halogens is 1. The van der Waals surface area contributed by atoms with E-state index in [1.807, 2.05) is 6.07 Å². The Kier molecular flexibility index (Phi) is 3.95. The van der Waals surface area contributed by atoms with Gasteiger partial charge in [0, 0.05) is 42.2 Å². The van der Waals surface area contributed by atoms with Crippen LogP contribution in [0.25, 0.3) is 0 Å². The molecule has 0 amide bonds. The average Bonchev–Trinajstić information content (AvgIpc) is 3.00. The minimum absolute atomic E-state index is 0.0112. The van der Waals surface area contributed by atoms with E-state index in [0.29, 0.717) is 35.6 Å². The molecule has 6 heteroatoms. The summed E-state index contributed by atoms with van der Waals surface area (Å²) in [5.74, 6) is 1.57. The van der Waals surface area contributed by atoms with Crippen molar-refractivity contribution in [3.05, 3.63) is 22.7 Å². The summed E-state index contributed by atoms with van der Waals surface area (Å²) in [6.45, 7) is 2.80. The van der Waals surface area contributed by atoms with Crippen molar-refractivity contribution in [3.63, 3.8) is 0 Å². The molecule has 1 aromatic rings. The van der Waals surface area contributed by atoms with Gasteiger partial charge in [0.15, 0.2) is 11.5 Å². The molecular formula is C15H18ClNO4. The number of esters is 1. The molecule has 0 radical (unpaired) electrons. The highest BCUT2D eigenvalue weighted by Gasteiger charge is 2.43. The molecule has 0 aromatic heterocycles. The molecule has 0 saturated carbocycles. The summed E-state index contributed by atoms with van der Waals surface area (Å²) in [6, 6.07) is 3.62. The van der Waals surface area contributed by atoms with E-state index in [1.165, 1.54) is 0 Å². The van der Waals surface area contributed by atoms with Crippen LogP contribution < -0.4 is 9.47 Å². The predicted octanol–water partition coefficient (Wildman–Crippen LogP) is 1.96. The Bertz CT molecular complexity index is 563. The molecule has 3 rings (SSSR count). The standard InChI is InChI=1S/C15H18ClNO4/c1-19-13-4-11(16)3-9(14(13)20-2)5-17-6-10-8-21-15(18)12(10)7-17/h3-4,10,12H,5-8H2,1-2H3/t10-,12-/m1/s1. The third-order valence-corrected chi connectivity index (χ3v) is 4.39. The maximum atomic E-state index is 11.6. The lowest BCUT2D eigenvalue weighted by Crippen LogP contribution is -2.24. The van der Waals surface area contributed by atoms with Crippen LogP contribution in [0.3, 0.4) is 0 Å². The molecule has 21 heavy (non-hydrogen) atoms. The van der Waals surface area contributed by atoms with E-state index in [4.69, 9.17) is 25.8 Å². The van der Waals surface area contributed by atoms with Crippen LogP contribution >= 0.6 is 11.6 Å². The molecule has 0 unspecified atom stereocenters. The molecule has 2 fully saturated rings. The average molecular weight is 312 g/mol. The van der Waals surface area contributed by atoms with Crippen LogP contribution in [-0.4, -0.2) is 44.8 Å². The Balaban J connectivity index is 1.79. The third-order valence-electron chi connectivity index (χ3n) is 4.17. The number of cyclic esters (lactones) is 1. The van der Waals surface area contributed by atoms with E-state index in [9.17, 15) is 4.79 Å². The number of carbonyl (C=O) groups is 1. The molecule has 114 valence electrons. The van der Waals surface area contributed by atoms with Gasteiger partial charge in [-0.3, -0.25) is 9.69 Å². The quantitative estimate of drug-likeness (QED) is 0.796. The highest BCUT2D eigenvalue weighted by atomic mass is 35.5. The van der Waals surface area contributed by atoms with Crippen molar-refractivity contribution in [1.29, 1.82) is 0 Å². The van der Waals surface area contributed by atoms with Gasteiger partial charge in [-0.05, 0) is 6.07 Å². The van der Waals surface area contributed by atoms with Crippen molar-refractivity contribution in [3.8, 4) is 11.5 Å². The summed E-state index contributed by atoms with van der Waals surface area (Å²) in [4.78, 5) is 13.9. The second-order valence-corrected chi connectivity index (χ2v) is 5.93. The van der Waals surface area contributed by atoms with Crippen molar-refractivity contribution >= 4 is 17.6 Å². The molecule has 0 N–H and O–H groups in total. The minimum atomic E-state index is -0.0712. The Morgan fingerprint density at radius 3 is 2.81 bits per heavy atom. The van der Waals surface area contributed by atoms with Crippen molar-refractivity contribution < 1.29 is 19.0 Å². The number of fused-ring (bicyclic) bond motifs is 1. The number of rotatable bonds is 4. The summed E-state index contributed by atoms with van der Waals surface area (Å²) < 4.78 is 15.8. The van der Waals surface area contributed by atoms with E-state index in [2.05, 4.69) is 4.90 Å². The van der Waals surface area contributed by atoms with E-state index < -0.39 is 0 Å². The SMILES string of the molecule is COc1cc(Cl)cc(CN2C[C@@H]3COC(=O)[C@@H]3C2)c1OC. The first-order valence-electron chi connectivity index (χ1n) is 6.91. The Labute approximate surface area is 128 Å². The van der Waals surface area contributed by atoms with Gasteiger partial charge in [0.1, 0.15) is 0 Å². The van der Waals surface area contributed by atoms with Gasteiger partial charge in [0.05, 0.1) is 26.7 Å². The van der Waals surface area contributed by atoms with Gasteiger partial charge < -0.3 is 14.2 Å². The van der Waals surface area contributed by atoms with Crippen LogP contribution in [0.4, 0.5) is 0 Å². The lowest BCUT2D eigenvalue weighted by Gasteiger charge is -2.20. The summed E-state index contributed by atoms with van der Waals surface area (Å²) in [6.07, 6.45) is 0. The molecule has 2 aliphatic heterocycles. The maximum absolute atomic E-state index is 11.6. The smallest absolute Gasteiger partial charge is 0.310 e. The monoisotopic (exact) mass is 311 g/mol. The molecule has 0 bridgehead atoms. The van der Waals surface area contributed by atoms with Crippen molar-refractivity contribution in [2.24, 2.45) is 11.8 Å². The third kappa shape index (κ3) is 2.68. The van der Waals surface area contributed by atoms with E-state index in [0.717, 1.165) is 18.7 Å². The van der Waals surface area contributed by atoms with Gasteiger partial charge in [-0.25, -0.2) is 0 Å². The highest BCUT2D eigenvalue weighted by Crippen LogP contribution is 2.37. The topological polar surface area (TPSA) is 48.0 Å². The molecule has 2 heterocycles. The molecule has 2 atom stereocenters. The molecule has 5 nitrogen and oxygen atoms in total. The fourth-order valence-electron chi connectivity index (χ4n) is 3.19. The highest BCUT2D eigenvalue weighted by molar-refractivity contribution is 6.30. The zero-order valence-corrected chi connectivity index (χ0v) is 12.9. The fourth-order valence-corrected chi connectivity index (χ4v) is 3.42. The number of ether oxygens (including phenoxy) is 3. The Morgan fingerprint density at radius 2 is 2.14 bits per heavy atom. The zero-order valence-electron chi connectivity index (χ0n) is 12.1. The van der Waals surface area contributed by atoms with Crippen LogP contribution in [0.5, 0.6) is 11.5 Å². The van der Waals surface area contributed by atoms with Crippen molar-refractivity contribution in [2.45, 2.75) is 6.54 Å². The van der Waals surface area contributed by atoms with Gasteiger partial charge in [-0.15, -0.1) is 0 Å². The first kappa shape index (κ1) is 14.5. The first-order chi connectivity index (χ1) is 10.1. The van der Waals surface area contributed by atoms with Crippen molar-refractivity contribution in [2.75, 3.05) is 33.9 Å². The van der Waals surface area contributed by atoms with Gasteiger partial charge in [0.25, 0.3) is 0 Å². The molecule has 0 aliphatic carbocycles. The zero-order chi connectivity index (χ0) is 15.0. The number of hydrogen-bond acceptors (Lipinski definition) is 5. The van der Waals surface area contributed by atoms with E-state index in [-0.39, 0.29) is 11.9 Å². The largest absolute Gasteiger partial charge is 0.493 e. The minimum Gasteiger partial charge on any atom is -0.493 e. The molecule has 0 spiro atoms. The van der Waals surface area contributed by atoms with Crippen LogP contribution in [-0.2, 0) is 16.1 Å². The van der Waals surface area contributed by atoms with Gasteiger partial charge in [-0.2, -0.15) is 0 Å². The lowest BCUT2D eigenvalue weighted by molar-refractivity contribution is -0.141. The Morgan fingerprint density at radius 1 is 1.33 bits per heavy atom. The number of benzene rings is 1. The first-order valence-corrected chi connectivity index (χ1v) is 7.29. The van der Waals surface area contributed by atoms with Crippen LogP contribution in [0.15, 0.2) is 12.1 Å². The lowest BCUT2D eigenvalue weighted by atomic mass is 10.0. The molecule has 1 aromatic carbocycles. The molecule has 2 aliphatic rings. The number of likely N-dealkylation sites (tertiary alicyclic amines) is 1. The van der Waals surface area contributed by atoms with Gasteiger partial charge in [0.2, 0.25) is 0 Å². The summed E-state index contributed by atoms with van der Waals surface area (Å²) >= 11 is 6.13. The van der Waals surface area contributed by atoms with E-state index >= 15 is 0 Å². The number of methoxy groups -OCH3 is 2. The number of nitrogens with zero attached hydrogens (tertiary/aromatic N) is 1. The van der Waals surface area contributed by atoms with E-state index in [1.54, 1.807) is 20.3 Å². The van der Waals surface area contributed by atoms with Gasteiger partial charge >= 0.3 is 5.97 Å². The summed E-state index contributed by atoms with van der Waals surface area (Å²) in [7, 11) is 3.21. The summed E-state index contributed by atoms with van der Waals surface area (Å²) in [5.41, 5.74) is 0.968. The Hall–Kier alpha value is -1.46. The van der Waals surface area contributed by atoms with Gasteiger partial charge in [-0.1, -0.05) is 11.6 Å². The van der Waals surface area contributed by atoms with Crippen LogP contribution in [0.2, 0.25) is 5.02 Å². The van der Waals surface area contributed by atoms with Crippen LogP contribution in [0.1, 0.15) is 5.56 Å².